The van der Waals surface area contributed by atoms with Crippen molar-refractivity contribution in [3.05, 3.63) is 35.9 Å². The van der Waals surface area contributed by atoms with Crippen LogP contribution in [0.3, 0.4) is 0 Å². The molecule has 0 aromatic heterocycles. The van der Waals surface area contributed by atoms with Crippen LogP contribution in [0.4, 0.5) is 4.79 Å². The van der Waals surface area contributed by atoms with Gasteiger partial charge in [-0.05, 0) is 45.1 Å². The van der Waals surface area contributed by atoms with Gasteiger partial charge < -0.3 is 24.2 Å². The van der Waals surface area contributed by atoms with Gasteiger partial charge in [-0.25, -0.2) is 4.79 Å². The van der Waals surface area contributed by atoms with Crippen molar-refractivity contribution < 1.29 is 33.7 Å². The van der Waals surface area contributed by atoms with Crippen LogP contribution in [0.1, 0.15) is 66.9 Å². The van der Waals surface area contributed by atoms with E-state index in [9.17, 15) is 19.5 Å². The normalized spacial score (nSPS) is 18.8. The number of aliphatic hydroxyl groups excluding tert-OH is 1. The largest absolute Gasteiger partial charge is 0.469 e. The van der Waals surface area contributed by atoms with Crippen molar-refractivity contribution in [3.63, 3.8) is 0 Å². The van der Waals surface area contributed by atoms with Gasteiger partial charge in [-0.2, -0.15) is 0 Å². The topological polar surface area (TPSA) is 127 Å². The van der Waals surface area contributed by atoms with Gasteiger partial charge in [0, 0.05) is 38.2 Å². The summed E-state index contributed by atoms with van der Waals surface area (Å²) in [6.07, 6.45) is -0.704. The molecule has 2 rings (SSSR count). The first-order valence-corrected chi connectivity index (χ1v) is 15.5. The van der Waals surface area contributed by atoms with E-state index >= 15 is 0 Å². The molecule has 1 heterocycles. The van der Waals surface area contributed by atoms with Crippen LogP contribution in [0.2, 0.25) is 0 Å². The van der Waals surface area contributed by atoms with Crippen LogP contribution in [0.5, 0.6) is 0 Å². The van der Waals surface area contributed by atoms with Crippen LogP contribution in [0.25, 0.3) is 0 Å². The SMILES string of the molecule is COC(=O)[C@@H](C)C[C@H](Cc1ccccc1)NC(O)C1CSC([C@@H](C[C@H](C(C)C)N(C)C(=O)OC(C)(C)C)OC(C)=O)=N1. The molecule has 0 fully saturated rings. The Bertz CT molecular complexity index is 1060. The standard InChI is InChI=1S/C31H49N3O7S/c1-19(2)25(34(8)30(38)41-31(5,6)7)17-26(40-21(4)35)28-33-24(18-42-28)27(36)32-23(15-20(3)29(37)39-9)16-22-13-11-10-12-14-22/h10-14,19-20,23-27,32,36H,15-18H2,1-9H3/t20-,23+,24?,25+,26+,27?/m0/s1. The van der Waals surface area contributed by atoms with Crippen molar-refractivity contribution >= 4 is 34.8 Å². The molecule has 1 aliphatic heterocycles. The second-order valence-corrected chi connectivity index (χ2v) is 13.3. The van der Waals surface area contributed by atoms with E-state index in [4.69, 9.17) is 19.2 Å². The molecule has 6 atom stereocenters. The zero-order chi connectivity index (χ0) is 31.6. The number of esters is 2. The summed E-state index contributed by atoms with van der Waals surface area (Å²) in [5.41, 5.74) is 0.435. The van der Waals surface area contributed by atoms with Gasteiger partial charge >= 0.3 is 18.0 Å². The summed E-state index contributed by atoms with van der Waals surface area (Å²) >= 11 is 1.43. The fraction of sp³-hybridized carbons (Fsp3) is 0.677. The number of carbonyl (C=O) groups is 3. The maximum Gasteiger partial charge on any atom is 0.410 e. The minimum Gasteiger partial charge on any atom is -0.469 e. The number of benzene rings is 1. The molecule has 10 nitrogen and oxygen atoms in total. The smallest absolute Gasteiger partial charge is 0.410 e. The molecule has 0 spiro atoms. The van der Waals surface area contributed by atoms with E-state index < -0.39 is 36.0 Å². The molecular weight excluding hydrogens is 558 g/mol. The molecule has 11 heteroatoms. The van der Waals surface area contributed by atoms with Crippen LogP contribution < -0.4 is 5.32 Å². The van der Waals surface area contributed by atoms with Crippen LogP contribution in [-0.4, -0.2) is 89.1 Å². The van der Waals surface area contributed by atoms with Gasteiger partial charge in [0.15, 0.2) is 6.10 Å². The number of hydrogen-bond acceptors (Lipinski definition) is 10. The highest BCUT2D eigenvalue weighted by atomic mass is 32.2. The summed E-state index contributed by atoms with van der Waals surface area (Å²) in [5, 5.41) is 15.1. The molecule has 1 amide bonds. The molecule has 2 N–H and O–H groups in total. The predicted molar refractivity (Wildman–Crippen MR) is 165 cm³/mol. The van der Waals surface area contributed by atoms with Crippen molar-refractivity contribution in [2.75, 3.05) is 19.9 Å². The lowest BCUT2D eigenvalue weighted by atomic mass is 9.95. The first kappa shape index (κ1) is 35.6. The van der Waals surface area contributed by atoms with E-state index in [1.165, 1.54) is 25.8 Å². The molecule has 236 valence electrons. The second-order valence-electron chi connectivity index (χ2n) is 12.2. The molecule has 0 bridgehead atoms. The monoisotopic (exact) mass is 607 g/mol. The average Bonchev–Trinajstić information content (AvgIpc) is 3.40. The number of nitrogens with one attached hydrogen (secondary N) is 1. The summed E-state index contributed by atoms with van der Waals surface area (Å²) in [6, 6.07) is 8.88. The van der Waals surface area contributed by atoms with E-state index in [1.54, 1.807) is 11.9 Å². The first-order valence-electron chi connectivity index (χ1n) is 14.5. The van der Waals surface area contributed by atoms with Gasteiger partial charge in [-0.1, -0.05) is 51.1 Å². The zero-order valence-corrected chi connectivity index (χ0v) is 27.3. The molecule has 1 aliphatic rings. The third-order valence-electron chi connectivity index (χ3n) is 7.02. The number of nitrogens with zero attached hydrogens (tertiary/aromatic N) is 2. The summed E-state index contributed by atoms with van der Waals surface area (Å²) in [5.74, 6) is -0.580. The summed E-state index contributed by atoms with van der Waals surface area (Å²) < 4.78 is 16.2. The molecule has 2 unspecified atom stereocenters. The van der Waals surface area contributed by atoms with Crippen LogP contribution in [0.15, 0.2) is 35.3 Å². The van der Waals surface area contributed by atoms with Gasteiger partial charge in [0.2, 0.25) is 0 Å². The molecule has 1 aromatic rings. The number of ether oxygens (including phenoxy) is 3. The van der Waals surface area contributed by atoms with E-state index in [0.717, 1.165) is 5.56 Å². The molecule has 0 aliphatic carbocycles. The minimum absolute atomic E-state index is 0.0474. The van der Waals surface area contributed by atoms with Crippen molar-refractivity contribution in [2.45, 2.75) is 104 Å². The fourth-order valence-corrected chi connectivity index (χ4v) is 6.04. The van der Waals surface area contributed by atoms with Gasteiger partial charge in [0.25, 0.3) is 0 Å². The van der Waals surface area contributed by atoms with Crippen LogP contribution in [0, 0.1) is 11.8 Å². The highest BCUT2D eigenvalue weighted by Gasteiger charge is 2.36. The van der Waals surface area contributed by atoms with Gasteiger partial charge in [0.05, 0.1) is 19.1 Å². The maximum atomic E-state index is 12.8. The van der Waals surface area contributed by atoms with E-state index in [-0.39, 0.29) is 29.9 Å². The van der Waals surface area contributed by atoms with E-state index in [0.29, 0.717) is 30.1 Å². The Kier molecular flexibility index (Phi) is 13.8. The quantitative estimate of drug-likeness (QED) is 0.179. The number of carbonyl (C=O) groups excluding carboxylic acids is 3. The molecule has 0 radical (unpaired) electrons. The Balaban J connectivity index is 2.21. The molecular formula is C31H49N3O7S. The molecule has 0 saturated heterocycles. The highest BCUT2D eigenvalue weighted by molar-refractivity contribution is 8.14. The third kappa shape index (κ3) is 11.6. The van der Waals surface area contributed by atoms with Gasteiger partial charge in [-0.15, -0.1) is 11.8 Å². The lowest BCUT2D eigenvalue weighted by Gasteiger charge is -2.34. The minimum atomic E-state index is -0.989. The van der Waals surface area contributed by atoms with Gasteiger partial charge in [-0.3, -0.25) is 19.9 Å². The lowest BCUT2D eigenvalue weighted by Crippen LogP contribution is -2.47. The van der Waals surface area contributed by atoms with E-state index in [2.05, 4.69) is 5.32 Å². The molecule has 1 aromatic carbocycles. The number of amides is 1. The predicted octanol–water partition coefficient (Wildman–Crippen LogP) is 4.43. The number of methoxy groups -OCH3 is 1. The summed E-state index contributed by atoms with van der Waals surface area (Å²) in [4.78, 5) is 43.4. The second kappa shape index (κ2) is 16.3. The average molecular weight is 608 g/mol. The summed E-state index contributed by atoms with van der Waals surface area (Å²) in [6.45, 7) is 12.6. The highest BCUT2D eigenvalue weighted by Crippen LogP contribution is 2.29. The van der Waals surface area contributed by atoms with Crippen molar-refractivity contribution in [2.24, 2.45) is 16.8 Å². The lowest BCUT2D eigenvalue weighted by molar-refractivity contribution is -0.145. The van der Waals surface area contributed by atoms with E-state index in [1.807, 2.05) is 71.9 Å². The van der Waals surface area contributed by atoms with Crippen LogP contribution in [-0.2, 0) is 30.2 Å². The van der Waals surface area contributed by atoms with Crippen molar-refractivity contribution in [1.29, 1.82) is 0 Å². The number of aliphatic hydroxyl groups is 1. The Morgan fingerprint density at radius 2 is 1.79 bits per heavy atom. The maximum absolute atomic E-state index is 12.8. The fourth-order valence-electron chi connectivity index (χ4n) is 4.90. The molecule has 0 saturated carbocycles. The number of thioether (sulfide) groups is 1. The Labute approximate surface area is 254 Å². The summed E-state index contributed by atoms with van der Waals surface area (Å²) in [7, 11) is 3.06. The molecule has 42 heavy (non-hydrogen) atoms. The zero-order valence-electron chi connectivity index (χ0n) is 26.5. The van der Waals surface area contributed by atoms with Crippen LogP contribution >= 0.6 is 11.8 Å². The third-order valence-corrected chi connectivity index (χ3v) is 8.19. The Morgan fingerprint density at radius 3 is 2.33 bits per heavy atom. The van der Waals surface area contributed by atoms with Crippen molar-refractivity contribution in [1.82, 2.24) is 10.2 Å². The Morgan fingerprint density at radius 1 is 1.14 bits per heavy atom. The van der Waals surface area contributed by atoms with Gasteiger partial charge in [0.1, 0.15) is 16.9 Å². The Hall–Kier alpha value is -2.63. The number of rotatable bonds is 14. The number of hydrogen-bond donors (Lipinski definition) is 2. The van der Waals surface area contributed by atoms with Crippen molar-refractivity contribution in [3.8, 4) is 0 Å². The first-order chi connectivity index (χ1) is 19.6. The number of aliphatic imine (C=N–C) groups is 1.